The maximum atomic E-state index is 12.1. The van der Waals surface area contributed by atoms with Gasteiger partial charge in [0.15, 0.2) is 0 Å². The highest BCUT2D eigenvalue weighted by Crippen LogP contribution is 2.25. The van der Waals surface area contributed by atoms with Gasteiger partial charge in [0.2, 0.25) is 0 Å². The number of nitrogens with one attached hydrogen (secondary N) is 1. The fraction of sp³-hybridized carbons (Fsp3) is 0.846. The quantitative estimate of drug-likeness (QED) is 0.786. The lowest BCUT2D eigenvalue weighted by Crippen LogP contribution is -2.46. The number of urea groups is 1. The Hall–Kier alpha value is -1.30. The molecule has 2 rings (SSSR count). The molecule has 0 radical (unpaired) electrons. The molecule has 1 aliphatic carbocycles. The second-order valence-corrected chi connectivity index (χ2v) is 5.48. The summed E-state index contributed by atoms with van der Waals surface area (Å²) in [5, 5.41) is 11.9. The van der Waals surface area contributed by atoms with E-state index in [2.05, 4.69) is 5.32 Å². The van der Waals surface area contributed by atoms with Crippen LogP contribution in [0.5, 0.6) is 0 Å². The van der Waals surface area contributed by atoms with E-state index in [0.29, 0.717) is 32.5 Å². The number of carbonyl (C=O) groups is 2. The minimum Gasteiger partial charge on any atom is -0.481 e. The zero-order chi connectivity index (χ0) is 13.8. The van der Waals surface area contributed by atoms with E-state index in [1.54, 1.807) is 4.90 Å². The second kappa shape index (κ2) is 6.23. The highest BCUT2D eigenvalue weighted by Gasteiger charge is 2.31. The molecule has 6 nitrogen and oxygen atoms in total. The van der Waals surface area contributed by atoms with Gasteiger partial charge >= 0.3 is 12.0 Å². The standard InChI is InChI=1S/C13H22N2O4/c1-9-8-15(5-2-6-19-9)13(18)14-11-4-3-10(7-11)12(16)17/h9-11H,2-8H2,1H3,(H,14,18)(H,16,17)/t9?,10-,11+/m1/s1. The molecule has 0 aromatic heterocycles. The van der Waals surface area contributed by atoms with Crippen LogP contribution in [0.2, 0.25) is 0 Å². The molecule has 6 heteroatoms. The predicted octanol–water partition coefficient (Wildman–Crippen LogP) is 1.06. The Morgan fingerprint density at radius 2 is 2.16 bits per heavy atom. The van der Waals surface area contributed by atoms with E-state index >= 15 is 0 Å². The first-order chi connectivity index (χ1) is 9.06. The largest absolute Gasteiger partial charge is 0.481 e. The Morgan fingerprint density at radius 1 is 1.37 bits per heavy atom. The van der Waals surface area contributed by atoms with Crippen molar-refractivity contribution < 1.29 is 19.4 Å². The summed E-state index contributed by atoms with van der Waals surface area (Å²) in [5.74, 6) is -1.06. The zero-order valence-electron chi connectivity index (χ0n) is 11.3. The van der Waals surface area contributed by atoms with E-state index in [-0.39, 0.29) is 24.1 Å². The SMILES string of the molecule is CC1CN(C(=O)N[C@H]2CC[C@@H](C(=O)O)C2)CCCO1. The number of nitrogens with zero attached hydrogens (tertiary/aromatic N) is 1. The van der Waals surface area contributed by atoms with Crippen molar-refractivity contribution >= 4 is 12.0 Å². The number of rotatable bonds is 2. The van der Waals surface area contributed by atoms with Gasteiger partial charge < -0.3 is 20.1 Å². The molecule has 1 saturated carbocycles. The molecule has 3 atom stereocenters. The van der Waals surface area contributed by atoms with Gasteiger partial charge in [-0.2, -0.15) is 0 Å². The Labute approximate surface area is 113 Å². The third-order valence-corrected chi connectivity index (χ3v) is 3.85. The summed E-state index contributed by atoms with van der Waals surface area (Å²) in [6, 6.07) is -0.0959. The van der Waals surface area contributed by atoms with Crippen LogP contribution in [0.3, 0.4) is 0 Å². The third kappa shape index (κ3) is 3.83. The number of hydrogen-bond donors (Lipinski definition) is 2. The number of carboxylic acid groups (broad SMARTS) is 1. The summed E-state index contributed by atoms with van der Waals surface area (Å²) >= 11 is 0. The molecule has 19 heavy (non-hydrogen) atoms. The van der Waals surface area contributed by atoms with Crippen molar-refractivity contribution in [1.82, 2.24) is 10.2 Å². The first-order valence-corrected chi connectivity index (χ1v) is 6.96. The predicted molar refractivity (Wildman–Crippen MR) is 68.9 cm³/mol. The summed E-state index contributed by atoms with van der Waals surface area (Å²) < 4.78 is 5.50. The lowest BCUT2D eigenvalue weighted by Gasteiger charge is -2.24. The fourth-order valence-corrected chi connectivity index (χ4v) is 2.78. The van der Waals surface area contributed by atoms with E-state index in [9.17, 15) is 9.59 Å². The molecule has 2 N–H and O–H groups in total. The van der Waals surface area contributed by atoms with E-state index in [0.717, 1.165) is 12.8 Å². The lowest BCUT2D eigenvalue weighted by atomic mass is 10.1. The molecule has 1 heterocycles. The van der Waals surface area contributed by atoms with Gasteiger partial charge in [-0.15, -0.1) is 0 Å². The maximum Gasteiger partial charge on any atom is 0.317 e. The van der Waals surface area contributed by atoms with Crippen LogP contribution in [0.1, 0.15) is 32.6 Å². The number of carbonyl (C=O) groups excluding carboxylic acids is 1. The van der Waals surface area contributed by atoms with Crippen LogP contribution in [-0.2, 0) is 9.53 Å². The summed E-state index contributed by atoms with van der Waals surface area (Å²) in [6.45, 7) is 3.95. The highest BCUT2D eigenvalue weighted by molar-refractivity contribution is 5.75. The van der Waals surface area contributed by atoms with Crippen LogP contribution in [0.25, 0.3) is 0 Å². The van der Waals surface area contributed by atoms with Gasteiger partial charge in [-0.3, -0.25) is 4.79 Å². The van der Waals surface area contributed by atoms with E-state index < -0.39 is 5.97 Å². The zero-order valence-corrected chi connectivity index (χ0v) is 11.3. The summed E-state index contributed by atoms with van der Waals surface area (Å²) in [6.07, 6.45) is 2.85. The Kier molecular flexibility index (Phi) is 4.63. The molecule has 0 bridgehead atoms. The van der Waals surface area contributed by atoms with Gasteiger partial charge in [-0.25, -0.2) is 4.79 Å². The van der Waals surface area contributed by atoms with Gasteiger partial charge in [0.1, 0.15) is 0 Å². The van der Waals surface area contributed by atoms with Crippen LogP contribution < -0.4 is 5.32 Å². The Bertz CT molecular complexity index is 348. The molecule has 0 aromatic rings. The Balaban J connectivity index is 1.82. The average Bonchev–Trinajstić information content (AvgIpc) is 2.71. The molecule has 108 valence electrons. The van der Waals surface area contributed by atoms with Crippen LogP contribution in [0, 0.1) is 5.92 Å². The first kappa shape index (κ1) is 14.1. The van der Waals surface area contributed by atoms with Gasteiger partial charge in [-0.1, -0.05) is 0 Å². The number of hydrogen-bond acceptors (Lipinski definition) is 3. The first-order valence-electron chi connectivity index (χ1n) is 6.96. The summed E-state index contributed by atoms with van der Waals surface area (Å²) in [5.41, 5.74) is 0. The van der Waals surface area contributed by atoms with Crippen LogP contribution in [-0.4, -0.2) is 53.8 Å². The molecule has 1 saturated heterocycles. The molecule has 1 aliphatic heterocycles. The fourth-order valence-electron chi connectivity index (χ4n) is 2.78. The van der Waals surface area contributed by atoms with Gasteiger partial charge in [0.25, 0.3) is 0 Å². The third-order valence-electron chi connectivity index (χ3n) is 3.85. The van der Waals surface area contributed by atoms with Crippen molar-refractivity contribution in [2.24, 2.45) is 5.92 Å². The van der Waals surface area contributed by atoms with E-state index in [1.807, 2.05) is 6.92 Å². The van der Waals surface area contributed by atoms with Crippen LogP contribution >= 0.6 is 0 Å². The van der Waals surface area contributed by atoms with Crippen molar-refractivity contribution in [3.8, 4) is 0 Å². The normalized spacial score (nSPS) is 31.8. The van der Waals surface area contributed by atoms with Crippen LogP contribution in [0.4, 0.5) is 4.79 Å². The highest BCUT2D eigenvalue weighted by atomic mass is 16.5. The van der Waals surface area contributed by atoms with Gasteiger partial charge in [0.05, 0.1) is 12.0 Å². The van der Waals surface area contributed by atoms with Crippen molar-refractivity contribution in [3.05, 3.63) is 0 Å². The maximum absolute atomic E-state index is 12.1. The van der Waals surface area contributed by atoms with E-state index in [1.165, 1.54) is 0 Å². The Morgan fingerprint density at radius 3 is 2.84 bits per heavy atom. The molecule has 0 aromatic carbocycles. The molecule has 0 spiro atoms. The van der Waals surface area contributed by atoms with Crippen molar-refractivity contribution in [2.45, 2.75) is 44.8 Å². The number of amides is 2. The molecule has 2 aliphatic rings. The average molecular weight is 270 g/mol. The minimum atomic E-state index is -0.756. The number of aliphatic carboxylic acids is 1. The number of ether oxygens (including phenoxy) is 1. The lowest BCUT2D eigenvalue weighted by molar-refractivity contribution is -0.141. The van der Waals surface area contributed by atoms with Crippen molar-refractivity contribution in [3.63, 3.8) is 0 Å². The second-order valence-electron chi connectivity index (χ2n) is 5.48. The molecule has 1 unspecified atom stereocenters. The monoisotopic (exact) mass is 270 g/mol. The molecule has 2 fully saturated rings. The van der Waals surface area contributed by atoms with Gasteiger partial charge in [-0.05, 0) is 32.6 Å². The minimum absolute atomic E-state index is 0.00641. The van der Waals surface area contributed by atoms with E-state index in [4.69, 9.17) is 9.84 Å². The topological polar surface area (TPSA) is 78.9 Å². The van der Waals surface area contributed by atoms with Gasteiger partial charge in [0, 0.05) is 25.7 Å². The summed E-state index contributed by atoms with van der Waals surface area (Å²) in [4.78, 5) is 24.8. The molecule has 2 amide bonds. The molecular weight excluding hydrogens is 248 g/mol. The number of carboxylic acids is 1. The summed E-state index contributed by atoms with van der Waals surface area (Å²) in [7, 11) is 0. The smallest absolute Gasteiger partial charge is 0.317 e. The molecular formula is C13H22N2O4. The van der Waals surface area contributed by atoms with Crippen molar-refractivity contribution in [2.75, 3.05) is 19.7 Å². The van der Waals surface area contributed by atoms with Crippen molar-refractivity contribution in [1.29, 1.82) is 0 Å². The van der Waals surface area contributed by atoms with Crippen LogP contribution in [0.15, 0.2) is 0 Å².